The van der Waals surface area contributed by atoms with Crippen molar-refractivity contribution < 1.29 is 14.7 Å². The summed E-state index contributed by atoms with van der Waals surface area (Å²) in [7, 11) is 0. The molecule has 3 unspecified atom stereocenters. The number of rotatable bonds is 2. The number of aliphatic carboxylic acids is 1. The maximum atomic E-state index is 12.6. The van der Waals surface area contributed by atoms with Crippen molar-refractivity contribution in [3.63, 3.8) is 0 Å². The molecule has 5 nitrogen and oxygen atoms in total. The Balaban J connectivity index is 1.70. The summed E-state index contributed by atoms with van der Waals surface area (Å²) < 4.78 is 0. The Hall–Kier alpha value is -1.10. The molecular weight excluding hydrogens is 244 g/mol. The van der Waals surface area contributed by atoms with Gasteiger partial charge in [0.15, 0.2) is 0 Å². The van der Waals surface area contributed by atoms with Crippen molar-refractivity contribution in [1.29, 1.82) is 0 Å². The normalized spacial score (nSPS) is 36.5. The summed E-state index contributed by atoms with van der Waals surface area (Å²) in [6.45, 7) is 4.52. The van der Waals surface area contributed by atoms with E-state index in [9.17, 15) is 14.7 Å². The number of piperidine rings is 1. The summed E-state index contributed by atoms with van der Waals surface area (Å²) in [4.78, 5) is 25.6. The minimum absolute atomic E-state index is 0.0733. The molecule has 3 atom stereocenters. The largest absolute Gasteiger partial charge is 0.480 e. The van der Waals surface area contributed by atoms with E-state index in [4.69, 9.17) is 0 Å². The van der Waals surface area contributed by atoms with Crippen molar-refractivity contribution in [2.75, 3.05) is 19.6 Å². The first-order chi connectivity index (χ1) is 9.05. The van der Waals surface area contributed by atoms with Crippen molar-refractivity contribution >= 4 is 11.9 Å². The van der Waals surface area contributed by atoms with E-state index in [1.165, 1.54) is 0 Å². The van der Waals surface area contributed by atoms with Crippen molar-refractivity contribution in [3.8, 4) is 0 Å². The van der Waals surface area contributed by atoms with Crippen LogP contribution >= 0.6 is 0 Å². The van der Waals surface area contributed by atoms with E-state index in [1.54, 1.807) is 4.90 Å². The average Bonchev–Trinajstić information content (AvgIpc) is 2.91. The Bertz CT molecular complexity index is 403. The third kappa shape index (κ3) is 2.04. The molecule has 1 aliphatic carbocycles. The van der Waals surface area contributed by atoms with E-state index in [-0.39, 0.29) is 23.2 Å². The molecule has 0 bridgehead atoms. The van der Waals surface area contributed by atoms with Crippen LogP contribution in [0, 0.1) is 17.3 Å². The number of likely N-dealkylation sites (tertiary alicyclic amines) is 1. The van der Waals surface area contributed by atoms with Crippen LogP contribution in [0.5, 0.6) is 0 Å². The van der Waals surface area contributed by atoms with E-state index in [0.29, 0.717) is 6.54 Å². The van der Waals surface area contributed by atoms with Crippen LogP contribution < -0.4 is 5.32 Å². The molecule has 3 aliphatic rings. The van der Waals surface area contributed by atoms with Crippen molar-refractivity contribution in [3.05, 3.63) is 0 Å². The number of nitrogens with zero attached hydrogens (tertiary/aromatic N) is 1. The fourth-order valence-corrected chi connectivity index (χ4v) is 3.95. The topological polar surface area (TPSA) is 69.6 Å². The fourth-order valence-electron chi connectivity index (χ4n) is 3.95. The first-order valence-electron chi connectivity index (χ1n) is 7.29. The number of hydrogen-bond donors (Lipinski definition) is 2. The Morgan fingerprint density at radius 2 is 2.00 bits per heavy atom. The molecule has 2 N–H and O–H groups in total. The molecule has 1 spiro atoms. The second-order valence-electron chi connectivity index (χ2n) is 6.45. The Morgan fingerprint density at radius 3 is 2.63 bits per heavy atom. The lowest BCUT2D eigenvalue weighted by Gasteiger charge is -2.27. The SMILES string of the molecule is CC1CCN(C(=O)C2CC23CCNCC3)C1C(=O)O. The van der Waals surface area contributed by atoms with E-state index in [1.807, 2.05) is 6.92 Å². The zero-order valence-electron chi connectivity index (χ0n) is 11.4. The second-order valence-corrected chi connectivity index (χ2v) is 6.45. The second kappa shape index (κ2) is 4.47. The average molecular weight is 266 g/mol. The maximum absolute atomic E-state index is 12.6. The van der Waals surface area contributed by atoms with Crippen molar-refractivity contribution in [2.24, 2.45) is 17.3 Å². The summed E-state index contributed by atoms with van der Waals surface area (Å²) in [5.74, 6) is -0.595. The molecule has 0 aromatic carbocycles. The highest BCUT2D eigenvalue weighted by molar-refractivity contribution is 5.88. The summed E-state index contributed by atoms with van der Waals surface area (Å²) in [5, 5.41) is 12.6. The molecule has 3 fully saturated rings. The van der Waals surface area contributed by atoms with Gasteiger partial charge in [0.2, 0.25) is 5.91 Å². The highest BCUT2D eigenvalue weighted by Gasteiger charge is 2.60. The van der Waals surface area contributed by atoms with Gasteiger partial charge < -0.3 is 15.3 Å². The smallest absolute Gasteiger partial charge is 0.326 e. The number of carboxylic acid groups (broad SMARTS) is 1. The van der Waals surface area contributed by atoms with Gasteiger partial charge in [-0.25, -0.2) is 4.79 Å². The van der Waals surface area contributed by atoms with Crippen LogP contribution in [0.3, 0.4) is 0 Å². The van der Waals surface area contributed by atoms with Crippen LogP contribution in [0.25, 0.3) is 0 Å². The molecule has 0 radical (unpaired) electrons. The number of carbonyl (C=O) groups excluding carboxylic acids is 1. The van der Waals surface area contributed by atoms with Gasteiger partial charge in [-0.1, -0.05) is 6.92 Å². The van der Waals surface area contributed by atoms with Crippen molar-refractivity contribution in [2.45, 2.75) is 38.6 Å². The lowest BCUT2D eigenvalue weighted by Crippen LogP contribution is -2.44. The van der Waals surface area contributed by atoms with Crippen LogP contribution in [0.15, 0.2) is 0 Å². The third-order valence-corrected chi connectivity index (χ3v) is 5.32. The summed E-state index contributed by atoms with van der Waals surface area (Å²) >= 11 is 0. The predicted octanol–water partition coefficient (Wildman–Crippen LogP) is 0.698. The fraction of sp³-hybridized carbons (Fsp3) is 0.857. The van der Waals surface area contributed by atoms with Crippen molar-refractivity contribution in [1.82, 2.24) is 10.2 Å². The molecule has 5 heteroatoms. The van der Waals surface area contributed by atoms with Gasteiger partial charge in [-0.05, 0) is 50.1 Å². The van der Waals surface area contributed by atoms with E-state index < -0.39 is 12.0 Å². The molecule has 106 valence electrons. The van der Waals surface area contributed by atoms with Gasteiger partial charge in [-0.2, -0.15) is 0 Å². The summed E-state index contributed by atoms with van der Waals surface area (Å²) in [6.07, 6.45) is 3.89. The zero-order valence-corrected chi connectivity index (χ0v) is 11.4. The van der Waals surface area contributed by atoms with Gasteiger partial charge in [0.05, 0.1) is 0 Å². The van der Waals surface area contributed by atoms with E-state index >= 15 is 0 Å². The van der Waals surface area contributed by atoms with Crippen LogP contribution in [0.1, 0.15) is 32.6 Å². The number of amides is 1. The standard InChI is InChI=1S/C14H22N2O3/c1-9-2-7-16(11(9)13(18)19)12(17)10-8-14(10)3-5-15-6-4-14/h9-11,15H,2-8H2,1H3,(H,18,19). The molecule has 3 rings (SSSR count). The molecule has 1 amide bonds. The molecule has 19 heavy (non-hydrogen) atoms. The van der Waals surface area contributed by atoms with Gasteiger partial charge in [-0.3, -0.25) is 4.79 Å². The molecule has 0 aromatic heterocycles. The molecule has 2 saturated heterocycles. The monoisotopic (exact) mass is 266 g/mol. The molecule has 2 aliphatic heterocycles. The maximum Gasteiger partial charge on any atom is 0.326 e. The van der Waals surface area contributed by atoms with Gasteiger partial charge in [0, 0.05) is 12.5 Å². The summed E-state index contributed by atoms with van der Waals surface area (Å²) in [6, 6.07) is -0.605. The number of nitrogens with one attached hydrogen (secondary N) is 1. The number of carbonyl (C=O) groups is 2. The summed E-state index contributed by atoms with van der Waals surface area (Å²) in [5.41, 5.74) is 0.192. The Labute approximate surface area is 113 Å². The lowest BCUT2D eigenvalue weighted by molar-refractivity contribution is -0.150. The Morgan fingerprint density at radius 1 is 1.32 bits per heavy atom. The first-order valence-corrected chi connectivity index (χ1v) is 7.29. The lowest BCUT2D eigenvalue weighted by atomic mass is 9.91. The number of hydrogen-bond acceptors (Lipinski definition) is 3. The number of carboxylic acids is 1. The third-order valence-electron chi connectivity index (χ3n) is 5.32. The molecule has 2 heterocycles. The van der Waals surface area contributed by atoms with Gasteiger partial charge in [0.1, 0.15) is 6.04 Å². The van der Waals surface area contributed by atoms with E-state index in [2.05, 4.69) is 5.32 Å². The first kappa shape index (κ1) is 12.9. The minimum atomic E-state index is -0.849. The van der Waals surface area contributed by atoms with E-state index in [0.717, 1.165) is 38.8 Å². The highest BCUT2D eigenvalue weighted by Crippen LogP contribution is 2.59. The van der Waals surface area contributed by atoms with Crippen LogP contribution in [-0.2, 0) is 9.59 Å². The van der Waals surface area contributed by atoms with Gasteiger partial charge in [-0.15, -0.1) is 0 Å². The quantitative estimate of drug-likeness (QED) is 0.772. The Kier molecular flexibility index (Phi) is 3.04. The van der Waals surface area contributed by atoms with Gasteiger partial charge in [0.25, 0.3) is 0 Å². The van der Waals surface area contributed by atoms with Crippen LogP contribution in [0.2, 0.25) is 0 Å². The van der Waals surface area contributed by atoms with Crippen LogP contribution in [0.4, 0.5) is 0 Å². The highest BCUT2D eigenvalue weighted by atomic mass is 16.4. The predicted molar refractivity (Wildman–Crippen MR) is 69.6 cm³/mol. The molecule has 1 saturated carbocycles. The minimum Gasteiger partial charge on any atom is -0.480 e. The van der Waals surface area contributed by atoms with Crippen LogP contribution in [-0.4, -0.2) is 47.6 Å². The molecule has 0 aromatic rings. The van der Waals surface area contributed by atoms with Gasteiger partial charge >= 0.3 is 5.97 Å². The zero-order chi connectivity index (χ0) is 13.6. The molecular formula is C14H22N2O3.